The first kappa shape index (κ1) is 17.4. The molecule has 0 fully saturated rings. The second kappa shape index (κ2) is 7.65. The summed E-state index contributed by atoms with van der Waals surface area (Å²) in [6.07, 6.45) is 5.36. The fourth-order valence-corrected chi connectivity index (χ4v) is 2.78. The van der Waals surface area contributed by atoms with Crippen LogP contribution in [0.4, 0.5) is 0 Å². The maximum absolute atomic E-state index is 12.0. The van der Waals surface area contributed by atoms with Crippen LogP contribution in [0.3, 0.4) is 0 Å². The van der Waals surface area contributed by atoms with Gasteiger partial charge in [-0.1, -0.05) is 24.3 Å². The van der Waals surface area contributed by atoms with Crippen LogP contribution in [0, 0.1) is 0 Å². The van der Waals surface area contributed by atoms with Crippen LogP contribution in [-0.2, 0) is 11.2 Å². The van der Waals surface area contributed by atoms with Gasteiger partial charge in [-0.25, -0.2) is 0 Å². The molecular formula is C20H20N2O4. The maximum Gasteiger partial charge on any atom is 0.244 e. The number of phenolic OH excluding ortho intramolecular Hbond substituents is 1. The van der Waals surface area contributed by atoms with Gasteiger partial charge in [0.05, 0.1) is 12.6 Å². The standard InChI is InChI=1S/C20H20N2O4/c1-26-19-12-14(6-8-18(19)23)7-9-20(24)21-11-10-15-13-22(25)17-5-3-2-4-16(15)17/h2-9,12-13,23,25H,10-11H2,1H3,(H,21,24)/b9-7+. The molecule has 0 saturated carbocycles. The molecule has 0 atom stereocenters. The van der Waals surface area contributed by atoms with Crippen LogP contribution >= 0.6 is 0 Å². The quantitative estimate of drug-likeness (QED) is 0.470. The molecule has 0 unspecified atom stereocenters. The Labute approximate surface area is 150 Å². The Morgan fingerprint density at radius 2 is 2.08 bits per heavy atom. The number of hydrogen-bond donors (Lipinski definition) is 3. The summed E-state index contributed by atoms with van der Waals surface area (Å²) < 4.78 is 6.14. The number of methoxy groups -OCH3 is 1. The minimum absolute atomic E-state index is 0.0529. The second-order valence-corrected chi connectivity index (χ2v) is 5.82. The van der Waals surface area contributed by atoms with Crippen LogP contribution in [-0.4, -0.2) is 34.6 Å². The first-order valence-corrected chi connectivity index (χ1v) is 8.19. The highest BCUT2D eigenvalue weighted by atomic mass is 16.5. The number of amides is 1. The predicted octanol–water partition coefficient (Wildman–Crippen LogP) is 2.96. The molecule has 3 N–H and O–H groups in total. The highest BCUT2D eigenvalue weighted by molar-refractivity contribution is 5.91. The molecule has 0 spiro atoms. The molecule has 0 bridgehead atoms. The molecule has 0 aliphatic carbocycles. The van der Waals surface area contributed by atoms with Crippen LogP contribution in [0.5, 0.6) is 11.5 Å². The SMILES string of the molecule is COc1cc(/C=C/C(=O)NCCc2cn(O)c3ccccc23)ccc1O. The lowest BCUT2D eigenvalue weighted by atomic mass is 10.1. The van der Waals surface area contributed by atoms with E-state index in [1.807, 2.05) is 24.3 Å². The molecule has 1 heterocycles. The second-order valence-electron chi connectivity index (χ2n) is 5.82. The third-order valence-corrected chi connectivity index (χ3v) is 4.10. The van der Waals surface area contributed by atoms with Gasteiger partial charge in [0.1, 0.15) is 0 Å². The van der Waals surface area contributed by atoms with E-state index in [2.05, 4.69) is 5.32 Å². The monoisotopic (exact) mass is 352 g/mol. The third kappa shape index (κ3) is 3.80. The van der Waals surface area contributed by atoms with Crippen molar-refractivity contribution in [2.24, 2.45) is 0 Å². The van der Waals surface area contributed by atoms with E-state index < -0.39 is 0 Å². The van der Waals surface area contributed by atoms with Gasteiger partial charge in [0, 0.05) is 24.2 Å². The summed E-state index contributed by atoms with van der Waals surface area (Å²) in [4.78, 5) is 12.0. The fraction of sp³-hybridized carbons (Fsp3) is 0.150. The molecule has 1 aromatic heterocycles. The molecule has 6 heteroatoms. The van der Waals surface area contributed by atoms with Crippen molar-refractivity contribution in [2.45, 2.75) is 6.42 Å². The van der Waals surface area contributed by atoms with Gasteiger partial charge in [-0.3, -0.25) is 4.79 Å². The van der Waals surface area contributed by atoms with Crippen molar-refractivity contribution in [3.8, 4) is 11.5 Å². The van der Waals surface area contributed by atoms with E-state index in [9.17, 15) is 15.1 Å². The summed E-state index contributed by atoms with van der Waals surface area (Å²) >= 11 is 0. The molecule has 0 aliphatic rings. The summed E-state index contributed by atoms with van der Waals surface area (Å²) in [7, 11) is 1.47. The number of phenols is 1. The summed E-state index contributed by atoms with van der Waals surface area (Å²) in [5.41, 5.74) is 2.46. The zero-order chi connectivity index (χ0) is 18.5. The van der Waals surface area contributed by atoms with E-state index in [1.165, 1.54) is 19.3 Å². The highest BCUT2D eigenvalue weighted by Gasteiger charge is 2.07. The van der Waals surface area contributed by atoms with Crippen LogP contribution in [0.1, 0.15) is 11.1 Å². The Hall–Kier alpha value is -3.41. The summed E-state index contributed by atoms with van der Waals surface area (Å²) in [5, 5.41) is 23.2. The van der Waals surface area contributed by atoms with E-state index >= 15 is 0 Å². The number of benzene rings is 2. The van der Waals surface area contributed by atoms with E-state index in [4.69, 9.17) is 4.74 Å². The van der Waals surface area contributed by atoms with E-state index in [0.29, 0.717) is 18.7 Å². The van der Waals surface area contributed by atoms with E-state index in [-0.39, 0.29) is 11.7 Å². The van der Waals surface area contributed by atoms with Gasteiger partial charge in [0.25, 0.3) is 0 Å². The number of nitrogens with one attached hydrogen (secondary N) is 1. The lowest BCUT2D eigenvalue weighted by Gasteiger charge is -2.04. The lowest BCUT2D eigenvalue weighted by molar-refractivity contribution is -0.116. The first-order chi connectivity index (χ1) is 12.6. The molecule has 3 aromatic rings. The van der Waals surface area contributed by atoms with Gasteiger partial charge in [0.2, 0.25) is 5.91 Å². The Morgan fingerprint density at radius 3 is 2.88 bits per heavy atom. The Morgan fingerprint density at radius 1 is 1.27 bits per heavy atom. The van der Waals surface area contributed by atoms with Gasteiger partial charge in [-0.05, 0) is 41.8 Å². The van der Waals surface area contributed by atoms with Crippen LogP contribution in [0.25, 0.3) is 17.0 Å². The largest absolute Gasteiger partial charge is 0.504 e. The lowest BCUT2D eigenvalue weighted by Crippen LogP contribution is -2.23. The number of carbonyl (C=O) groups excluding carboxylic acids is 1. The molecule has 2 aromatic carbocycles. The van der Waals surface area contributed by atoms with Gasteiger partial charge < -0.3 is 20.4 Å². The van der Waals surface area contributed by atoms with Crippen molar-refractivity contribution in [1.82, 2.24) is 10.0 Å². The summed E-state index contributed by atoms with van der Waals surface area (Å²) in [6, 6.07) is 12.4. The van der Waals surface area contributed by atoms with Crippen LogP contribution < -0.4 is 10.1 Å². The Bertz CT molecular complexity index is 960. The molecule has 3 rings (SSSR count). The molecule has 1 amide bonds. The molecule has 134 valence electrons. The van der Waals surface area contributed by atoms with Crippen molar-refractivity contribution in [3.63, 3.8) is 0 Å². The van der Waals surface area contributed by atoms with Crippen LogP contribution in [0.2, 0.25) is 0 Å². The molecule has 26 heavy (non-hydrogen) atoms. The molecule has 0 aliphatic heterocycles. The number of nitrogens with zero attached hydrogens (tertiary/aromatic N) is 1. The smallest absolute Gasteiger partial charge is 0.244 e. The first-order valence-electron chi connectivity index (χ1n) is 8.19. The third-order valence-electron chi connectivity index (χ3n) is 4.10. The van der Waals surface area contributed by atoms with Crippen molar-refractivity contribution in [2.75, 3.05) is 13.7 Å². The number of rotatable bonds is 6. The minimum atomic E-state index is -0.218. The molecule has 0 radical (unpaired) electrons. The number of aromatic nitrogens is 1. The van der Waals surface area contributed by atoms with Gasteiger partial charge >= 0.3 is 0 Å². The van der Waals surface area contributed by atoms with Crippen molar-refractivity contribution >= 4 is 22.9 Å². The molecular weight excluding hydrogens is 332 g/mol. The van der Waals surface area contributed by atoms with Crippen LogP contribution in [0.15, 0.2) is 54.7 Å². The maximum atomic E-state index is 12.0. The summed E-state index contributed by atoms with van der Waals surface area (Å²) in [5.74, 6) is 0.190. The highest BCUT2D eigenvalue weighted by Crippen LogP contribution is 2.26. The summed E-state index contributed by atoms with van der Waals surface area (Å²) in [6.45, 7) is 0.454. The number of carbonyl (C=O) groups is 1. The van der Waals surface area contributed by atoms with Crippen molar-refractivity contribution in [3.05, 3.63) is 65.9 Å². The molecule has 6 nitrogen and oxygen atoms in total. The van der Waals surface area contributed by atoms with Crippen molar-refractivity contribution < 1.29 is 19.8 Å². The van der Waals surface area contributed by atoms with Gasteiger partial charge in [0.15, 0.2) is 11.5 Å². The van der Waals surface area contributed by atoms with Gasteiger partial charge in [-0.2, -0.15) is 4.73 Å². The normalized spacial score (nSPS) is 11.1. The number of aromatic hydroxyl groups is 1. The Balaban J connectivity index is 1.57. The number of hydrogen-bond acceptors (Lipinski definition) is 4. The Kier molecular flexibility index (Phi) is 5.12. The average Bonchev–Trinajstić information content (AvgIpc) is 2.97. The van der Waals surface area contributed by atoms with E-state index in [0.717, 1.165) is 26.8 Å². The minimum Gasteiger partial charge on any atom is -0.504 e. The topological polar surface area (TPSA) is 83.7 Å². The number of ether oxygens (including phenoxy) is 1. The molecule has 0 saturated heterocycles. The average molecular weight is 352 g/mol. The van der Waals surface area contributed by atoms with E-state index in [1.54, 1.807) is 24.4 Å². The van der Waals surface area contributed by atoms with Crippen molar-refractivity contribution in [1.29, 1.82) is 0 Å². The predicted molar refractivity (Wildman–Crippen MR) is 99.5 cm³/mol. The zero-order valence-electron chi connectivity index (χ0n) is 14.3. The van der Waals surface area contributed by atoms with Gasteiger partial charge in [-0.15, -0.1) is 0 Å². The zero-order valence-corrected chi connectivity index (χ0v) is 14.3. The number of para-hydroxylation sites is 1. The number of fused-ring (bicyclic) bond motifs is 1. The fourth-order valence-electron chi connectivity index (χ4n) is 2.78.